The molecule has 4 heterocycles. The van der Waals surface area contributed by atoms with Crippen molar-refractivity contribution >= 4 is 27.5 Å². The highest BCUT2D eigenvalue weighted by atomic mass is 35.5. The summed E-state index contributed by atoms with van der Waals surface area (Å²) in [6.07, 6.45) is 6.59. The van der Waals surface area contributed by atoms with Gasteiger partial charge >= 0.3 is 0 Å². The molecule has 1 aromatic carbocycles. The van der Waals surface area contributed by atoms with Crippen LogP contribution in [0.25, 0.3) is 0 Å². The minimum absolute atomic E-state index is 0.0393. The van der Waals surface area contributed by atoms with Gasteiger partial charge in [-0.15, -0.1) is 0 Å². The first-order chi connectivity index (χ1) is 16.4. The standard InChI is InChI=1S/C25H33ClN4O3S/c1-19-7-4-9-21(26)25(19)34(32,33)30-16-15-28-13-6-10-22(28)23(30)17-24(31)29-14-5-8-20(29)18-27-11-2-3-12-27/h4,6-7,9-10,13,20,23H,2-3,5,8,11-12,14-18H2,1H3/t20-,23?/m0/s1. The number of carbonyl (C=O) groups is 1. The zero-order valence-electron chi connectivity index (χ0n) is 19.7. The smallest absolute Gasteiger partial charge is 0.245 e. The molecule has 3 aliphatic rings. The summed E-state index contributed by atoms with van der Waals surface area (Å²) in [7, 11) is -3.89. The number of hydrogen-bond acceptors (Lipinski definition) is 4. The Hall–Kier alpha value is -1.87. The molecule has 1 unspecified atom stereocenters. The first kappa shape index (κ1) is 23.9. The van der Waals surface area contributed by atoms with E-state index in [1.165, 1.54) is 17.1 Å². The van der Waals surface area contributed by atoms with E-state index in [9.17, 15) is 13.2 Å². The van der Waals surface area contributed by atoms with Crippen LogP contribution in [-0.4, -0.2) is 71.8 Å². The summed E-state index contributed by atoms with van der Waals surface area (Å²) in [6.45, 7) is 6.52. The SMILES string of the molecule is Cc1cccc(Cl)c1S(=O)(=O)N1CCn2cccc2C1CC(=O)N1CCC[C@H]1CN1CCCC1. The number of amides is 1. The van der Waals surface area contributed by atoms with E-state index in [2.05, 4.69) is 9.47 Å². The predicted octanol–water partition coefficient (Wildman–Crippen LogP) is 3.67. The fourth-order valence-corrected chi connectivity index (χ4v) is 8.28. The summed E-state index contributed by atoms with van der Waals surface area (Å²) >= 11 is 6.38. The number of likely N-dealkylation sites (tertiary alicyclic amines) is 2. The van der Waals surface area contributed by atoms with Gasteiger partial charge in [0, 0.05) is 50.5 Å². The van der Waals surface area contributed by atoms with Crippen molar-refractivity contribution in [2.75, 3.05) is 32.7 Å². The number of carbonyl (C=O) groups excluding carboxylic acids is 1. The maximum atomic E-state index is 13.9. The van der Waals surface area contributed by atoms with Crippen LogP contribution in [0.15, 0.2) is 41.4 Å². The van der Waals surface area contributed by atoms with Gasteiger partial charge in [0.25, 0.3) is 0 Å². The van der Waals surface area contributed by atoms with Crippen molar-refractivity contribution in [2.45, 2.75) is 62.6 Å². The molecule has 0 radical (unpaired) electrons. The lowest BCUT2D eigenvalue weighted by Crippen LogP contribution is -2.46. The van der Waals surface area contributed by atoms with E-state index in [0.717, 1.165) is 44.7 Å². The molecule has 184 valence electrons. The van der Waals surface area contributed by atoms with E-state index >= 15 is 0 Å². The average Bonchev–Trinajstić information content (AvgIpc) is 3.56. The second-order valence-electron chi connectivity index (χ2n) is 9.74. The first-order valence-corrected chi connectivity index (χ1v) is 14.1. The van der Waals surface area contributed by atoms with Crippen molar-refractivity contribution < 1.29 is 13.2 Å². The van der Waals surface area contributed by atoms with Crippen molar-refractivity contribution in [3.63, 3.8) is 0 Å². The van der Waals surface area contributed by atoms with Gasteiger partial charge in [-0.1, -0.05) is 23.7 Å². The normalized spacial score (nSPS) is 24.0. The molecule has 1 amide bonds. The lowest BCUT2D eigenvalue weighted by molar-refractivity contribution is -0.133. The molecule has 3 aliphatic heterocycles. The largest absolute Gasteiger partial charge is 0.349 e. The topological polar surface area (TPSA) is 65.9 Å². The van der Waals surface area contributed by atoms with E-state index in [0.29, 0.717) is 18.7 Å². The highest BCUT2D eigenvalue weighted by Gasteiger charge is 2.41. The fourth-order valence-electron chi connectivity index (χ4n) is 5.90. The van der Waals surface area contributed by atoms with Crippen LogP contribution in [0, 0.1) is 6.92 Å². The zero-order chi connectivity index (χ0) is 23.9. The Bertz CT molecular complexity index is 1140. The molecule has 5 rings (SSSR count). The van der Waals surface area contributed by atoms with Gasteiger partial charge in [-0.2, -0.15) is 4.31 Å². The van der Waals surface area contributed by atoms with E-state index in [1.807, 2.05) is 23.2 Å². The van der Waals surface area contributed by atoms with Crippen molar-refractivity contribution in [1.82, 2.24) is 18.7 Å². The van der Waals surface area contributed by atoms with E-state index in [1.54, 1.807) is 25.1 Å². The minimum Gasteiger partial charge on any atom is -0.349 e. The molecule has 0 saturated carbocycles. The van der Waals surface area contributed by atoms with Gasteiger partial charge in [0.15, 0.2) is 0 Å². The molecule has 1 aromatic heterocycles. The van der Waals surface area contributed by atoms with E-state index in [-0.39, 0.29) is 28.3 Å². The number of benzene rings is 1. The fraction of sp³-hybridized carbons (Fsp3) is 0.560. The highest BCUT2D eigenvalue weighted by Crippen LogP contribution is 2.38. The Balaban J connectivity index is 1.42. The molecular formula is C25H33ClN4O3S. The van der Waals surface area contributed by atoms with Crippen molar-refractivity contribution in [3.05, 3.63) is 52.8 Å². The molecular weight excluding hydrogens is 472 g/mol. The Morgan fingerprint density at radius 3 is 2.59 bits per heavy atom. The predicted molar refractivity (Wildman–Crippen MR) is 132 cm³/mol. The molecule has 9 heteroatoms. The Morgan fingerprint density at radius 2 is 1.82 bits per heavy atom. The highest BCUT2D eigenvalue weighted by molar-refractivity contribution is 7.89. The molecule has 2 atom stereocenters. The molecule has 0 spiro atoms. The van der Waals surface area contributed by atoms with Gasteiger partial charge in [0.2, 0.25) is 15.9 Å². The van der Waals surface area contributed by atoms with E-state index < -0.39 is 16.1 Å². The molecule has 0 aliphatic carbocycles. The molecule has 0 bridgehead atoms. The summed E-state index contributed by atoms with van der Waals surface area (Å²) in [6, 6.07) is 8.66. The number of fused-ring (bicyclic) bond motifs is 1. The minimum atomic E-state index is -3.89. The molecule has 2 fully saturated rings. The van der Waals surface area contributed by atoms with Gasteiger partial charge in [-0.05, 0) is 69.5 Å². The molecule has 2 saturated heterocycles. The number of aryl methyl sites for hydroxylation is 1. The Kier molecular flexibility index (Phi) is 6.77. The quantitative estimate of drug-likeness (QED) is 0.602. The first-order valence-electron chi connectivity index (χ1n) is 12.3. The molecule has 0 N–H and O–H groups in total. The van der Waals surface area contributed by atoms with Gasteiger partial charge in [-0.25, -0.2) is 8.42 Å². The van der Waals surface area contributed by atoms with Crippen molar-refractivity contribution in [2.24, 2.45) is 0 Å². The van der Waals surface area contributed by atoms with Gasteiger partial charge in [0.05, 0.1) is 11.1 Å². The third-order valence-electron chi connectivity index (χ3n) is 7.58. The second kappa shape index (κ2) is 9.64. The van der Waals surface area contributed by atoms with Crippen LogP contribution in [-0.2, 0) is 21.4 Å². The number of nitrogens with zero attached hydrogens (tertiary/aromatic N) is 4. The van der Waals surface area contributed by atoms with Crippen LogP contribution < -0.4 is 0 Å². The third-order valence-corrected chi connectivity index (χ3v) is 10.1. The summed E-state index contributed by atoms with van der Waals surface area (Å²) < 4.78 is 31.3. The monoisotopic (exact) mass is 504 g/mol. The lowest BCUT2D eigenvalue weighted by Gasteiger charge is -2.37. The van der Waals surface area contributed by atoms with Crippen LogP contribution in [0.1, 0.15) is 49.4 Å². The zero-order valence-corrected chi connectivity index (χ0v) is 21.3. The molecule has 34 heavy (non-hydrogen) atoms. The lowest BCUT2D eigenvalue weighted by atomic mass is 10.1. The average molecular weight is 505 g/mol. The summed E-state index contributed by atoms with van der Waals surface area (Å²) in [5.74, 6) is 0.0393. The number of rotatable bonds is 6. The van der Waals surface area contributed by atoms with Gasteiger partial charge < -0.3 is 14.4 Å². The summed E-state index contributed by atoms with van der Waals surface area (Å²) in [5.41, 5.74) is 1.48. The van der Waals surface area contributed by atoms with Crippen molar-refractivity contribution in [3.8, 4) is 0 Å². The van der Waals surface area contributed by atoms with Crippen LogP contribution >= 0.6 is 11.6 Å². The number of halogens is 1. The number of aromatic nitrogens is 1. The molecule has 2 aromatic rings. The van der Waals surface area contributed by atoms with Gasteiger partial charge in [0.1, 0.15) is 4.90 Å². The third kappa shape index (κ3) is 4.41. The molecule has 7 nitrogen and oxygen atoms in total. The maximum absolute atomic E-state index is 13.9. The van der Waals surface area contributed by atoms with Crippen LogP contribution in [0.3, 0.4) is 0 Å². The van der Waals surface area contributed by atoms with Crippen molar-refractivity contribution in [1.29, 1.82) is 0 Å². The van der Waals surface area contributed by atoms with Crippen LogP contribution in [0.5, 0.6) is 0 Å². The van der Waals surface area contributed by atoms with Crippen LogP contribution in [0.4, 0.5) is 0 Å². The van der Waals surface area contributed by atoms with E-state index in [4.69, 9.17) is 11.6 Å². The summed E-state index contributed by atoms with van der Waals surface area (Å²) in [5, 5.41) is 0.219. The van der Waals surface area contributed by atoms with Gasteiger partial charge in [-0.3, -0.25) is 4.79 Å². The Labute approximate surface area is 207 Å². The van der Waals surface area contributed by atoms with Crippen LogP contribution in [0.2, 0.25) is 5.02 Å². The summed E-state index contributed by atoms with van der Waals surface area (Å²) in [4.78, 5) is 18.2. The number of hydrogen-bond donors (Lipinski definition) is 0. The second-order valence-corrected chi connectivity index (χ2v) is 12.0. The number of sulfonamides is 1. The maximum Gasteiger partial charge on any atom is 0.245 e. The Morgan fingerprint density at radius 1 is 1.03 bits per heavy atom.